The molecule has 1 heterocycles. The van der Waals surface area contributed by atoms with E-state index in [1.54, 1.807) is 12.1 Å². The summed E-state index contributed by atoms with van der Waals surface area (Å²) in [5, 5.41) is 7.42. The highest BCUT2D eigenvalue weighted by molar-refractivity contribution is 6.35. The van der Waals surface area contributed by atoms with Crippen LogP contribution >= 0.6 is 23.2 Å². The first kappa shape index (κ1) is 22.3. The van der Waals surface area contributed by atoms with Gasteiger partial charge in [-0.15, -0.1) is 0 Å². The third-order valence-corrected chi connectivity index (χ3v) is 8.94. The van der Waals surface area contributed by atoms with Gasteiger partial charge in [-0.1, -0.05) is 29.3 Å². The van der Waals surface area contributed by atoms with E-state index in [0.29, 0.717) is 23.1 Å². The molecule has 5 nitrogen and oxygen atoms in total. The molecule has 7 heteroatoms. The van der Waals surface area contributed by atoms with E-state index in [0.717, 1.165) is 68.4 Å². The Balaban J connectivity index is 1.17. The number of carbonyl (C=O) groups is 2. The average molecular weight is 478 g/mol. The molecule has 174 valence electrons. The maximum Gasteiger partial charge on any atom is 0.317 e. The number of piperidine rings is 1. The Labute approximate surface area is 200 Å². The second-order valence-corrected chi connectivity index (χ2v) is 11.5. The number of nitrogens with zero attached hydrogens (tertiary/aromatic N) is 1. The lowest BCUT2D eigenvalue weighted by Crippen LogP contribution is -2.57. The molecular weight excluding hydrogens is 445 g/mol. The minimum atomic E-state index is -0.137. The molecule has 4 aliphatic carbocycles. The number of halogens is 2. The third kappa shape index (κ3) is 4.48. The lowest BCUT2D eigenvalue weighted by Gasteiger charge is -2.55. The maximum absolute atomic E-state index is 13.3. The molecule has 4 bridgehead atoms. The smallest absolute Gasteiger partial charge is 0.317 e. The number of hydrogen-bond acceptors (Lipinski definition) is 2. The number of carbonyl (C=O) groups excluding carboxylic acids is 2. The fraction of sp³-hybridized carbons (Fsp3) is 0.680. The Morgan fingerprint density at radius 3 is 2.34 bits per heavy atom. The summed E-state index contributed by atoms with van der Waals surface area (Å²) in [6, 6.07) is 5.25. The van der Waals surface area contributed by atoms with Gasteiger partial charge < -0.3 is 15.5 Å². The molecule has 0 radical (unpaired) electrons. The molecule has 2 N–H and O–H groups in total. The molecule has 0 spiro atoms. The molecule has 5 fully saturated rings. The number of benzene rings is 1. The topological polar surface area (TPSA) is 61.4 Å². The van der Waals surface area contributed by atoms with Gasteiger partial charge in [0.05, 0.1) is 6.04 Å². The molecular formula is C25H33Cl2N3O2. The molecule has 1 aliphatic heterocycles. The van der Waals surface area contributed by atoms with E-state index in [4.69, 9.17) is 23.2 Å². The normalized spacial score (nSPS) is 33.2. The summed E-state index contributed by atoms with van der Waals surface area (Å²) in [6.07, 6.45) is 10.2. The van der Waals surface area contributed by atoms with Gasteiger partial charge >= 0.3 is 6.03 Å². The predicted molar refractivity (Wildman–Crippen MR) is 127 cm³/mol. The van der Waals surface area contributed by atoms with Gasteiger partial charge in [-0.25, -0.2) is 4.79 Å². The van der Waals surface area contributed by atoms with Crippen molar-refractivity contribution in [2.24, 2.45) is 23.2 Å². The number of nitrogens with one attached hydrogen (secondary N) is 2. The summed E-state index contributed by atoms with van der Waals surface area (Å²) >= 11 is 12.2. The van der Waals surface area contributed by atoms with Crippen molar-refractivity contribution >= 4 is 35.1 Å². The molecule has 0 aromatic heterocycles. The zero-order chi connectivity index (χ0) is 22.3. The van der Waals surface area contributed by atoms with Crippen LogP contribution < -0.4 is 10.6 Å². The SMILES string of the molecule is O=C(NCc1ccc(Cl)cc1Cl)N1CCCCC1CNC(=O)C12CC3CC(CC(C3)C1)C2. The van der Waals surface area contributed by atoms with Crippen LogP contribution in [0.15, 0.2) is 18.2 Å². The highest BCUT2D eigenvalue weighted by Gasteiger charge is 2.54. The molecule has 1 saturated heterocycles. The predicted octanol–water partition coefficient (Wildman–Crippen LogP) is 5.39. The van der Waals surface area contributed by atoms with Crippen LogP contribution in [0.1, 0.15) is 63.4 Å². The summed E-state index contributed by atoms with van der Waals surface area (Å²) in [4.78, 5) is 28.2. The van der Waals surface area contributed by atoms with Crippen molar-refractivity contribution in [2.45, 2.75) is 70.4 Å². The van der Waals surface area contributed by atoms with Crippen molar-refractivity contribution in [1.82, 2.24) is 15.5 Å². The second kappa shape index (κ2) is 9.06. The van der Waals surface area contributed by atoms with Crippen molar-refractivity contribution < 1.29 is 9.59 Å². The highest BCUT2D eigenvalue weighted by atomic mass is 35.5. The molecule has 1 unspecified atom stereocenters. The molecule has 32 heavy (non-hydrogen) atoms. The second-order valence-electron chi connectivity index (χ2n) is 10.6. The van der Waals surface area contributed by atoms with Crippen molar-refractivity contribution in [1.29, 1.82) is 0 Å². The van der Waals surface area contributed by atoms with Gasteiger partial charge in [0, 0.05) is 35.1 Å². The largest absolute Gasteiger partial charge is 0.354 e. The molecule has 6 rings (SSSR count). The van der Waals surface area contributed by atoms with E-state index >= 15 is 0 Å². The molecule has 1 aromatic rings. The number of hydrogen-bond donors (Lipinski definition) is 2. The van der Waals surface area contributed by atoms with Crippen LogP contribution in [0.5, 0.6) is 0 Å². The van der Waals surface area contributed by atoms with Crippen LogP contribution in [-0.4, -0.2) is 36.0 Å². The molecule has 3 amide bonds. The first-order valence-corrected chi connectivity index (χ1v) is 12.9. The molecule has 1 aromatic carbocycles. The maximum atomic E-state index is 13.3. The van der Waals surface area contributed by atoms with E-state index in [1.165, 1.54) is 19.3 Å². The van der Waals surface area contributed by atoms with Gasteiger partial charge in [0.15, 0.2) is 0 Å². The molecule has 5 aliphatic rings. The Morgan fingerprint density at radius 2 is 1.69 bits per heavy atom. The summed E-state index contributed by atoms with van der Waals surface area (Å²) in [6.45, 7) is 1.63. The van der Waals surface area contributed by atoms with Crippen LogP contribution in [-0.2, 0) is 11.3 Å². The Morgan fingerprint density at radius 1 is 1.00 bits per heavy atom. The standard InChI is InChI=1S/C25H33Cl2N3O2/c26-20-5-4-19(22(27)10-20)14-29-24(32)30-6-2-1-3-21(30)15-28-23(31)25-11-16-7-17(12-25)9-18(8-16)13-25/h4-5,10,16-18,21H,1-3,6-9,11-15H2,(H,28,31)(H,29,32). The van der Waals surface area contributed by atoms with Gasteiger partial charge in [0.2, 0.25) is 5.91 Å². The molecule has 4 saturated carbocycles. The van der Waals surface area contributed by atoms with Crippen LogP contribution in [0, 0.1) is 23.2 Å². The van der Waals surface area contributed by atoms with Crippen LogP contribution in [0.25, 0.3) is 0 Å². The quantitative estimate of drug-likeness (QED) is 0.596. The summed E-state index contributed by atoms with van der Waals surface area (Å²) in [5.74, 6) is 2.51. The van der Waals surface area contributed by atoms with Crippen LogP contribution in [0.4, 0.5) is 4.79 Å². The van der Waals surface area contributed by atoms with E-state index < -0.39 is 0 Å². The highest BCUT2D eigenvalue weighted by Crippen LogP contribution is 2.60. The zero-order valence-corrected chi connectivity index (χ0v) is 20.1. The Kier molecular flexibility index (Phi) is 6.32. The first-order valence-electron chi connectivity index (χ1n) is 12.2. The fourth-order valence-corrected chi connectivity index (χ4v) is 7.68. The Hall–Kier alpha value is -1.46. The van der Waals surface area contributed by atoms with E-state index in [9.17, 15) is 9.59 Å². The first-order chi connectivity index (χ1) is 15.4. The lowest BCUT2D eigenvalue weighted by molar-refractivity contribution is -0.146. The van der Waals surface area contributed by atoms with E-state index in [2.05, 4.69) is 10.6 Å². The Bertz CT molecular complexity index is 855. The number of likely N-dealkylation sites (tertiary alicyclic amines) is 1. The van der Waals surface area contributed by atoms with Crippen molar-refractivity contribution in [3.05, 3.63) is 33.8 Å². The van der Waals surface area contributed by atoms with Gasteiger partial charge in [-0.05, 0) is 93.2 Å². The van der Waals surface area contributed by atoms with E-state index in [1.807, 2.05) is 11.0 Å². The van der Waals surface area contributed by atoms with Gasteiger partial charge in [0.25, 0.3) is 0 Å². The minimum absolute atomic E-state index is 0.0438. The number of urea groups is 1. The van der Waals surface area contributed by atoms with Crippen LogP contribution in [0.2, 0.25) is 10.0 Å². The fourth-order valence-electron chi connectivity index (χ4n) is 7.20. The van der Waals surface area contributed by atoms with Crippen LogP contribution in [0.3, 0.4) is 0 Å². The summed E-state index contributed by atoms with van der Waals surface area (Å²) < 4.78 is 0. The zero-order valence-electron chi connectivity index (χ0n) is 18.5. The number of rotatable bonds is 5. The monoisotopic (exact) mass is 477 g/mol. The van der Waals surface area contributed by atoms with Crippen molar-refractivity contribution in [3.8, 4) is 0 Å². The van der Waals surface area contributed by atoms with Crippen molar-refractivity contribution in [2.75, 3.05) is 13.1 Å². The van der Waals surface area contributed by atoms with Gasteiger partial charge in [-0.2, -0.15) is 0 Å². The lowest BCUT2D eigenvalue weighted by atomic mass is 9.49. The molecule has 1 atom stereocenters. The average Bonchev–Trinajstić information content (AvgIpc) is 2.76. The van der Waals surface area contributed by atoms with Gasteiger partial charge in [0.1, 0.15) is 0 Å². The minimum Gasteiger partial charge on any atom is -0.354 e. The number of amides is 3. The van der Waals surface area contributed by atoms with Gasteiger partial charge in [-0.3, -0.25) is 4.79 Å². The third-order valence-electron chi connectivity index (χ3n) is 8.35. The summed E-state index contributed by atoms with van der Waals surface area (Å²) in [5.41, 5.74) is 0.704. The summed E-state index contributed by atoms with van der Waals surface area (Å²) in [7, 11) is 0. The van der Waals surface area contributed by atoms with E-state index in [-0.39, 0.29) is 23.4 Å². The van der Waals surface area contributed by atoms with Crippen molar-refractivity contribution in [3.63, 3.8) is 0 Å².